The fourth-order valence-electron chi connectivity index (χ4n) is 2.07. The molecule has 0 saturated carbocycles. The Kier molecular flexibility index (Phi) is 3.67. The van der Waals surface area contributed by atoms with Gasteiger partial charge in [-0.05, 0) is 25.1 Å². The van der Waals surface area contributed by atoms with Crippen LogP contribution in [0.15, 0.2) is 34.4 Å². The number of rotatable bonds is 3. The van der Waals surface area contributed by atoms with Gasteiger partial charge in [0.2, 0.25) is 0 Å². The SMILES string of the molecule is Cc1csc(CN(C)c2ncnc3ccc(Br)cc23)n1. The van der Waals surface area contributed by atoms with E-state index < -0.39 is 0 Å². The maximum absolute atomic E-state index is 4.50. The molecule has 0 saturated heterocycles. The van der Waals surface area contributed by atoms with Crippen LogP contribution in [0.2, 0.25) is 0 Å². The van der Waals surface area contributed by atoms with Crippen LogP contribution in [0.3, 0.4) is 0 Å². The van der Waals surface area contributed by atoms with Gasteiger partial charge in [0.1, 0.15) is 17.2 Å². The molecule has 0 bridgehead atoms. The summed E-state index contributed by atoms with van der Waals surface area (Å²) in [5, 5.41) is 4.20. The third kappa shape index (κ3) is 2.66. The number of nitrogens with zero attached hydrogens (tertiary/aromatic N) is 4. The molecule has 0 atom stereocenters. The largest absolute Gasteiger partial charge is 0.352 e. The van der Waals surface area contributed by atoms with E-state index in [2.05, 4.69) is 41.2 Å². The van der Waals surface area contributed by atoms with Gasteiger partial charge in [0, 0.05) is 28.0 Å². The summed E-state index contributed by atoms with van der Waals surface area (Å²) in [6.07, 6.45) is 1.61. The van der Waals surface area contributed by atoms with Crippen molar-refractivity contribution in [2.24, 2.45) is 0 Å². The molecule has 0 fully saturated rings. The van der Waals surface area contributed by atoms with Gasteiger partial charge < -0.3 is 4.90 Å². The molecule has 2 heterocycles. The van der Waals surface area contributed by atoms with Gasteiger partial charge in [-0.15, -0.1) is 11.3 Å². The molecule has 0 unspecified atom stereocenters. The second kappa shape index (κ2) is 5.46. The van der Waals surface area contributed by atoms with Crippen molar-refractivity contribution in [2.45, 2.75) is 13.5 Å². The highest BCUT2D eigenvalue weighted by atomic mass is 79.9. The Hall–Kier alpha value is -1.53. The summed E-state index contributed by atoms with van der Waals surface area (Å²) in [7, 11) is 2.03. The van der Waals surface area contributed by atoms with Crippen LogP contribution in [0.5, 0.6) is 0 Å². The summed E-state index contributed by atoms with van der Waals surface area (Å²) in [6, 6.07) is 6.03. The molecule has 0 N–H and O–H groups in total. The Balaban J connectivity index is 1.98. The molecule has 0 aliphatic heterocycles. The van der Waals surface area contributed by atoms with Crippen molar-refractivity contribution in [2.75, 3.05) is 11.9 Å². The molecule has 0 spiro atoms. The Morgan fingerprint density at radius 2 is 2.15 bits per heavy atom. The number of benzene rings is 1. The van der Waals surface area contributed by atoms with E-state index in [-0.39, 0.29) is 0 Å². The first-order valence-electron chi connectivity index (χ1n) is 6.16. The predicted molar refractivity (Wildman–Crippen MR) is 86.2 cm³/mol. The molecule has 3 rings (SSSR count). The molecule has 2 aromatic heterocycles. The maximum atomic E-state index is 4.50. The first-order chi connectivity index (χ1) is 9.63. The Morgan fingerprint density at radius 1 is 1.30 bits per heavy atom. The highest BCUT2D eigenvalue weighted by Crippen LogP contribution is 2.26. The quantitative estimate of drug-likeness (QED) is 0.721. The molecular formula is C14H13BrN4S. The smallest absolute Gasteiger partial charge is 0.140 e. The maximum Gasteiger partial charge on any atom is 0.140 e. The first kappa shape index (κ1) is 13.5. The van der Waals surface area contributed by atoms with Crippen LogP contribution in [0.4, 0.5) is 5.82 Å². The minimum atomic E-state index is 0.747. The second-order valence-corrected chi connectivity index (χ2v) is 6.46. The summed E-state index contributed by atoms with van der Waals surface area (Å²) in [4.78, 5) is 15.3. The van der Waals surface area contributed by atoms with Gasteiger partial charge in [0.05, 0.1) is 12.1 Å². The molecule has 4 nitrogen and oxygen atoms in total. The highest BCUT2D eigenvalue weighted by molar-refractivity contribution is 9.10. The number of thiazole rings is 1. The van der Waals surface area contributed by atoms with Crippen LogP contribution in [0.25, 0.3) is 10.9 Å². The van der Waals surface area contributed by atoms with E-state index >= 15 is 0 Å². The molecule has 0 radical (unpaired) electrons. The van der Waals surface area contributed by atoms with Crippen molar-refractivity contribution in [3.8, 4) is 0 Å². The number of halogens is 1. The fraction of sp³-hybridized carbons (Fsp3) is 0.214. The van der Waals surface area contributed by atoms with Gasteiger partial charge in [-0.3, -0.25) is 0 Å². The molecule has 1 aromatic carbocycles. The first-order valence-corrected chi connectivity index (χ1v) is 7.83. The normalized spacial score (nSPS) is 10.9. The summed E-state index contributed by atoms with van der Waals surface area (Å²) in [6.45, 7) is 2.76. The highest BCUT2D eigenvalue weighted by Gasteiger charge is 2.11. The lowest BCUT2D eigenvalue weighted by Gasteiger charge is -2.18. The molecular weight excluding hydrogens is 336 g/mol. The van der Waals surface area contributed by atoms with E-state index in [9.17, 15) is 0 Å². The zero-order valence-electron chi connectivity index (χ0n) is 11.2. The van der Waals surface area contributed by atoms with Crippen molar-refractivity contribution in [3.63, 3.8) is 0 Å². The standard InChI is InChI=1S/C14H13BrN4S/c1-9-7-20-13(18-9)6-19(2)14-11-5-10(15)3-4-12(11)16-8-17-14/h3-5,7-8H,6H2,1-2H3. The number of aromatic nitrogens is 3. The van der Waals surface area contributed by atoms with E-state index in [0.717, 1.165) is 38.4 Å². The summed E-state index contributed by atoms with van der Waals surface area (Å²) < 4.78 is 1.03. The average Bonchev–Trinajstić information content (AvgIpc) is 2.83. The van der Waals surface area contributed by atoms with E-state index in [4.69, 9.17) is 0 Å². The van der Waals surface area contributed by atoms with E-state index in [1.54, 1.807) is 17.7 Å². The third-order valence-corrected chi connectivity index (χ3v) is 4.42. The number of anilines is 1. The minimum absolute atomic E-state index is 0.747. The van der Waals surface area contributed by atoms with Crippen LogP contribution in [0, 0.1) is 6.92 Å². The number of aryl methyl sites for hydroxylation is 1. The van der Waals surface area contributed by atoms with Crippen LogP contribution in [-0.2, 0) is 6.54 Å². The number of hydrogen-bond acceptors (Lipinski definition) is 5. The van der Waals surface area contributed by atoms with Gasteiger partial charge in [0.15, 0.2) is 0 Å². The molecule has 20 heavy (non-hydrogen) atoms. The second-order valence-electron chi connectivity index (χ2n) is 4.60. The Labute approximate surface area is 129 Å². The van der Waals surface area contributed by atoms with E-state index in [1.165, 1.54) is 0 Å². The minimum Gasteiger partial charge on any atom is -0.352 e. The molecule has 0 amide bonds. The van der Waals surface area contributed by atoms with Crippen molar-refractivity contribution < 1.29 is 0 Å². The fourth-order valence-corrected chi connectivity index (χ4v) is 3.26. The predicted octanol–water partition coefficient (Wildman–Crippen LogP) is 3.79. The zero-order valence-corrected chi connectivity index (χ0v) is 13.6. The van der Waals surface area contributed by atoms with Gasteiger partial charge in [-0.2, -0.15) is 0 Å². The van der Waals surface area contributed by atoms with Gasteiger partial charge in [-0.25, -0.2) is 15.0 Å². The average molecular weight is 349 g/mol. The van der Waals surface area contributed by atoms with Crippen LogP contribution in [0.1, 0.15) is 10.7 Å². The topological polar surface area (TPSA) is 41.9 Å². The van der Waals surface area contributed by atoms with Crippen molar-refractivity contribution >= 4 is 44.0 Å². The lowest BCUT2D eigenvalue weighted by Crippen LogP contribution is -2.18. The lowest BCUT2D eigenvalue weighted by molar-refractivity contribution is 0.885. The summed E-state index contributed by atoms with van der Waals surface area (Å²) in [5.41, 5.74) is 2.01. The molecule has 102 valence electrons. The number of hydrogen-bond donors (Lipinski definition) is 0. The van der Waals surface area contributed by atoms with Crippen LogP contribution >= 0.6 is 27.3 Å². The Morgan fingerprint density at radius 3 is 2.90 bits per heavy atom. The van der Waals surface area contributed by atoms with Gasteiger partial charge in [-0.1, -0.05) is 15.9 Å². The zero-order chi connectivity index (χ0) is 14.1. The summed E-state index contributed by atoms with van der Waals surface area (Å²) in [5.74, 6) is 0.921. The van der Waals surface area contributed by atoms with Crippen LogP contribution < -0.4 is 4.90 Å². The Bertz CT molecular complexity index is 756. The molecule has 0 aliphatic rings. The van der Waals surface area contributed by atoms with Crippen LogP contribution in [-0.4, -0.2) is 22.0 Å². The van der Waals surface area contributed by atoms with Crippen molar-refractivity contribution in [3.05, 3.63) is 45.1 Å². The number of fused-ring (bicyclic) bond motifs is 1. The van der Waals surface area contributed by atoms with Crippen molar-refractivity contribution in [1.82, 2.24) is 15.0 Å². The monoisotopic (exact) mass is 348 g/mol. The van der Waals surface area contributed by atoms with E-state index in [1.807, 2.05) is 32.2 Å². The van der Waals surface area contributed by atoms with Gasteiger partial charge in [0.25, 0.3) is 0 Å². The summed E-state index contributed by atoms with van der Waals surface area (Å²) >= 11 is 5.18. The van der Waals surface area contributed by atoms with Crippen molar-refractivity contribution in [1.29, 1.82) is 0 Å². The molecule has 3 aromatic rings. The van der Waals surface area contributed by atoms with Gasteiger partial charge >= 0.3 is 0 Å². The molecule has 6 heteroatoms. The van der Waals surface area contributed by atoms with E-state index in [0.29, 0.717) is 0 Å². The molecule has 0 aliphatic carbocycles. The third-order valence-electron chi connectivity index (χ3n) is 2.98. The lowest BCUT2D eigenvalue weighted by atomic mass is 10.2.